The summed E-state index contributed by atoms with van der Waals surface area (Å²) in [5.41, 5.74) is 2.02. The van der Waals surface area contributed by atoms with Gasteiger partial charge in [0.25, 0.3) is 0 Å². The molecule has 7 heteroatoms. The number of furan rings is 1. The molecule has 0 aliphatic rings. The molecule has 0 aromatic carbocycles. The number of nitrogens with zero attached hydrogens (tertiary/aromatic N) is 1. The molecule has 0 fully saturated rings. The first-order valence-electron chi connectivity index (χ1n) is 5.03. The molecule has 0 atom stereocenters. The number of hydrogen-bond acceptors (Lipinski definition) is 5. The van der Waals surface area contributed by atoms with Gasteiger partial charge in [0.05, 0.1) is 5.75 Å². The number of pyridine rings is 1. The molecule has 2 aromatic heterocycles. The van der Waals surface area contributed by atoms with Crippen LogP contribution in [0.1, 0.15) is 16.3 Å². The third-order valence-electron chi connectivity index (χ3n) is 2.09. The molecule has 3 N–H and O–H groups in total. The van der Waals surface area contributed by atoms with Gasteiger partial charge >= 0.3 is 5.91 Å². The van der Waals surface area contributed by atoms with E-state index in [9.17, 15) is 4.79 Å². The third-order valence-corrected chi connectivity index (χ3v) is 4.02. The molecule has 0 aliphatic carbocycles. The summed E-state index contributed by atoms with van der Waals surface area (Å²) >= 11 is 4.93. The highest BCUT2D eigenvalue weighted by Gasteiger charge is 2.10. The fraction of sp³-hybridized carbons (Fsp3) is 0.0909. The largest absolute Gasteiger partial charge is 0.455 e. The minimum Gasteiger partial charge on any atom is -0.455 e. The van der Waals surface area contributed by atoms with Gasteiger partial charge in [-0.2, -0.15) is 0 Å². The Hall–Kier alpha value is -1.31. The third kappa shape index (κ3) is 3.12. The Kier molecular flexibility index (Phi) is 4.40. The minimum absolute atomic E-state index is 0.202. The van der Waals surface area contributed by atoms with Crippen molar-refractivity contribution in [3.63, 3.8) is 0 Å². The number of amides is 1. The summed E-state index contributed by atoms with van der Waals surface area (Å²) in [4.78, 5) is 15.4. The van der Waals surface area contributed by atoms with Gasteiger partial charge in [0.1, 0.15) is 10.8 Å². The molecule has 2 heterocycles. The van der Waals surface area contributed by atoms with Crippen LogP contribution in [0.2, 0.25) is 0 Å². The second kappa shape index (κ2) is 6.03. The van der Waals surface area contributed by atoms with E-state index in [1.165, 1.54) is 11.8 Å². The molecule has 2 aromatic rings. The summed E-state index contributed by atoms with van der Waals surface area (Å²) in [6.07, 6.45) is 1.72. The quantitative estimate of drug-likeness (QED) is 0.390. The van der Waals surface area contributed by atoms with Gasteiger partial charge in [-0.25, -0.2) is 10.8 Å². The van der Waals surface area contributed by atoms with E-state index < -0.39 is 5.91 Å². The SMILES string of the molecule is NNC(=O)c1ccc(CSc2ncccc2Br)o1. The van der Waals surface area contributed by atoms with Gasteiger partial charge < -0.3 is 4.42 Å². The molecular formula is C11H10BrN3O2S. The standard InChI is InChI=1S/C11H10BrN3O2S/c12-8-2-1-5-14-11(8)18-6-7-3-4-9(17-7)10(16)15-13/h1-5H,6,13H2,(H,15,16). The van der Waals surface area contributed by atoms with Gasteiger partial charge in [0.2, 0.25) is 0 Å². The molecular weight excluding hydrogens is 318 g/mol. The highest BCUT2D eigenvalue weighted by molar-refractivity contribution is 9.10. The summed E-state index contributed by atoms with van der Waals surface area (Å²) in [6.45, 7) is 0. The average Bonchev–Trinajstić information content (AvgIpc) is 2.86. The first-order chi connectivity index (χ1) is 8.70. The Balaban J connectivity index is 2.01. The molecule has 2 rings (SSSR count). The summed E-state index contributed by atoms with van der Waals surface area (Å²) in [7, 11) is 0. The van der Waals surface area contributed by atoms with Crippen molar-refractivity contribution in [2.45, 2.75) is 10.8 Å². The van der Waals surface area contributed by atoms with E-state index in [2.05, 4.69) is 20.9 Å². The lowest BCUT2D eigenvalue weighted by Crippen LogP contribution is -2.29. The highest BCUT2D eigenvalue weighted by atomic mass is 79.9. The van der Waals surface area contributed by atoms with Crippen LogP contribution in [-0.2, 0) is 5.75 Å². The summed E-state index contributed by atoms with van der Waals surface area (Å²) in [5.74, 6) is 6.06. The topological polar surface area (TPSA) is 81.1 Å². The van der Waals surface area contributed by atoms with Gasteiger partial charge in [-0.1, -0.05) is 11.8 Å². The van der Waals surface area contributed by atoms with Crippen LogP contribution in [0.3, 0.4) is 0 Å². The van der Waals surface area contributed by atoms with Crippen LogP contribution in [0, 0.1) is 0 Å². The van der Waals surface area contributed by atoms with E-state index in [4.69, 9.17) is 10.3 Å². The number of nitrogen functional groups attached to an aromatic ring is 1. The zero-order valence-electron chi connectivity index (χ0n) is 9.22. The molecule has 94 valence electrons. The first-order valence-corrected chi connectivity index (χ1v) is 6.81. The Labute approximate surface area is 116 Å². The van der Waals surface area contributed by atoms with Crippen molar-refractivity contribution in [2.75, 3.05) is 0 Å². The molecule has 0 aliphatic heterocycles. The Morgan fingerprint density at radius 1 is 1.50 bits per heavy atom. The number of rotatable bonds is 4. The van der Waals surface area contributed by atoms with Gasteiger partial charge in [-0.05, 0) is 40.2 Å². The smallest absolute Gasteiger partial charge is 0.300 e. The molecule has 0 spiro atoms. The number of nitrogens with two attached hydrogens (primary N) is 1. The van der Waals surface area contributed by atoms with E-state index in [1.54, 1.807) is 18.3 Å². The van der Waals surface area contributed by atoms with Crippen molar-refractivity contribution < 1.29 is 9.21 Å². The molecule has 1 amide bonds. The van der Waals surface area contributed by atoms with Crippen LogP contribution in [-0.4, -0.2) is 10.9 Å². The van der Waals surface area contributed by atoms with Crippen LogP contribution in [0.25, 0.3) is 0 Å². The van der Waals surface area contributed by atoms with Crippen molar-refractivity contribution in [1.29, 1.82) is 0 Å². The van der Waals surface area contributed by atoms with E-state index in [0.717, 1.165) is 9.50 Å². The first kappa shape index (κ1) is 13.1. The number of carbonyl (C=O) groups excluding carboxylic acids is 1. The van der Waals surface area contributed by atoms with Gasteiger partial charge in [-0.3, -0.25) is 10.2 Å². The van der Waals surface area contributed by atoms with Crippen molar-refractivity contribution in [3.05, 3.63) is 46.5 Å². The molecule has 5 nitrogen and oxygen atoms in total. The van der Waals surface area contributed by atoms with Crippen molar-refractivity contribution in [3.8, 4) is 0 Å². The maximum atomic E-state index is 11.2. The summed E-state index contributed by atoms with van der Waals surface area (Å²) in [5, 5.41) is 0.874. The second-order valence-electron chi connectivity index (χ2n) is 3.32. The number of aromatic nitrogens is 1. The molecule has 0 unspecified atom stereocenters. The molecule has 18 heavy (non-hydrogen) atoms. The van der Waals surface area contributed by atoms with Gasteiger partial charge in [-0.15, -0.1) is 0 Å². The van der Waals surface area contributed by atoms with E-state index >= 15 is 0 Å². The van der Waals surface area contributed by atoms with Crippen molar-refractivity contribution >= 4 is 33.6 Å². The lowest BCUT2D eigenvalue weighted by atomic mass is 10.4. The van der Waals surface area contributed by atoms with Crippen molar-refractivity contribution in [1.82, 2.24) is 10.4 Å². The normalized spacial score (nSPS) is 10.3. The Bertz CT molecular complexity index is 559. The van der Waals surface area contributed by atoms with E-state index in [0.29, 0.717) is 11.5 Å². The van der Waals surface area contributed by atoms with Crippen LogP contribution >= 0.6 is 27.7 Å². The monoisotopic (exact) mass is 327 g/mol. The fourth-order valence-electron chi connectivity index (χ4n) is 1.27. The highest BCUT2D eigenvalue weighted by Crippen LogP contribution is 2.28. The number of thioether (sulfide) groups is 1. The zero-order valence-corrected chi connectivity index (χ0v) is 11.6. The molecule has 0 saturated heterocycles. The predicted molar refractivity (Wildman–Crippen MR) is 71.9 cm³/mol. The van der Waals surface area contributed by atoms with Crippen LogP contribution in [0.4, 0.5) is 0 Å². The molecule has 0 bridgehead atoms. The van der Waals surface area contributed by atoms with Crippen molar-refractivity contribution in [2.24, 2.45) is 5.84 Å². The van der Waals surface area contributed by atoms with Crippen LogP contribution in [0.5, 0.6) is 0 Å². The minimum atomic E-state index is -0.440. The summed E-state index contributed by atoms with van der Waals surface area (Å²) < 4.78 is 6.27. The number of nitrogens with one attached hydrogen (secondary N) is 1. The van der Waals surface area contributed by atoms with Crippen LogP contribution < -0.4 is 11.3 Å². The lowest BCUT2D eigenvalue weighted by Gasteiger charge is -2.00. The Morgan fingerprint density at radius 2 is 2.33 bits per heavy atom. The molecule has 0 radical (unpaired) electrons. The van der Waals surface area contributed by atoms with E-state index in [1.807, 2.05) is 17.6 Å². The maximum absolute atomic E-state index is 11.2. The fourth-order valence-corrected chi connectivity index (χ4v) is 2.64. The number of hydrogen-bond donors (Lipinski definition) is 2. The number of hydrazine groups is 1. The lowest BCUT2D eigenvalue weighted by molar-refractivity contribution is 0.0924. The van der Waals surface area contributed by atoms with Gasteiger partial charge in [0.15, 0.2) is 5.76 Å². The zero-order chi connectivity index (χ0) is 13.0. The number of halogens is 1. The van der Waals surface area contributed by atoms with Crippen LogP contribution in [0.15, 0.2) is 44.4 Å². The predicted octanol–water partition coefficient (Wildman–Crippen LogP) is 2.33. The summed E-state index contributed by atoms with van der Waals surface area (Å²) in [6, 6.07) is 7.11. The Morgan fingerprint density at radius 3 is 3.06 bits per heavy atom. The average molecular weight is 328 g/mol. The molecule has 0 saturated carbocycles. The maximum Gasteiger partial charge on any atom is 0.300 e. The van der Waals surface area contributed by atoms with E-state index in [-0.39, 0.29) is 5.76 Å². The second-order valence-corrected chi connectivity index (χ2v) is 5.14. The number of carbonyl (C=O) groups is 1. The van der Waals surface area contributed by atoms with Gasteiger partial charge in [0, 0.05) is 10.7 Å².